The molecule has 5 heteroatoms. The van der Waals surface area contributed by atoms with Crippen LogP contribution in [0.1, 0.15) is 36.8 Å². The lowest BCUT2D eigenvalue weighted by Crippen LogP contribution is -2.08. The first-order chi connectivity index (χ1) is 11.6. The fourth-order valence-electron chi connectivity index (χ4n) is 2.90. The molecule has 126 valence electrons. The number of nitrogens with zero attached hydrogens (tertiary/aromatic N) is 3. The van der Waals surface area contributed by atoms with Crippen molar-refractivity contribution in [3.8, 4) is 5.75 Å². The quantitative estimate of drug-likeness (QED) is 0.750. The van der Waals surface area contributed by atoms with Gasteiger partial charge in [-0.25, -0.2) is 9.97 Å². The summed E-state index contributed by atoms with van der Waals surface area (Å²) in [4.78, 5) is 9.47. The van der Waals surface area contributed by atoms with Crippen molar-refractivity contribution in [1.82, 2.24) is 14.5 Å². The summed E-state index contributed by atoms with van der Waals surface area (Å²) in [7, 11) is 1.70. The topological polar surface area (TPSA) is 66.0 Å². The second kappa shape index (κ2) is 6.91. The molecule has 2 N–H and O–H groups in total. The van der Waals surface area contributed by atoms with E-state index >= 15 is 0 Å². The molecular formula is C19H24N4O. The molecule has 1 aromatic carbocycles. The molecular weight excluding hydrogens is 300 g/mol. The highest BCUT2D eigenvalue weighted by Crippen LogP contribution is 2.24. The van der Waals surface area contributed by atoms with Crippen LogP contribution in [0.2, 0.25) is 0 Å². The van der Waals surface area contributed by atoms with Gasteiger partial charge in [0.15, 0.2) is 5.65 Å². The maximum absolute atomic E-state index is 6.01. The third kappa shape index (κ3) is 3.07. The molecule has 0 radical (unpaired) electrons. The number of hydrogen-bond acceptors (Lipinski definition) is 4. The fourth-order valence-corrected chi connectivity index (χ4v) is 2.90. The van der Waals surface area contributed by atoms with Crippen LogP contribution in [0.3, 0.4) is 0 Å². The Morgan fingerprint density at radius 3 is 2.75 bits per heavy atom. The van der Waals surface area contributed by atoms with E-state index in [-0.39, 0.29) is 0 Å². The third-order valence-corrected chi connectivity index (χ3v) is 4.30. The molecule has 0 spiro atoms. The van der Waals surface area contributed by atoms with Crippen LogP contribution in [0.15, 0.2) is 30.3 Å². The number of benzene rings is 1. The van der Waals surface area contributed by atoms with Gasteiger partial charge in [-0.15, -0.1) is 0 Å². The van der Waals surface area contributed by atoms with E-state index in [1.165, 1.54) is 0 Å². The summed E-state index contributed by atoms with van der Waals surface area (Å²) in [6.45, 7) is 4.81. The Labute approximate surface area is 142 Å². The molecule has 0 aliphatic heterocycles. The molecule has 2 aromatic heterocycles. The normalized spacial score (nSPS) is 11.1. The Kier molecular flexibility index (Phi) is 4.69. The van der Waals surface area contributed by atoms with Gasteiger partial charge in [-0.1, -0.05) is 31.5 Å². The monoisotopic (exact) mass is 324 g/mol. The van der Waals surface area contributed by atoms with Crippen LogP contribution in [-0.2, 0) is 13.0 Å². The smallest absolute Gasteiger partial charge is 0.160 e. The predicted molar refractivity (Wildman–Crippen MR) is 97.4 cm³/mol. The Morgan fingerprint density at radius 2 is 2.00 bits per heavy atom. The van der Waals surface area contributed by atoms with Crippen LogP contribution >= 0.6 is 0 Å². The van der Waals surface area contributed by atoms with Gasteiger partial charge >= 0.3 is 0 Å². The molecule has 0 saturated carbocycles. The average Bonchev–Trinajstić information content (AvgIpc) is 2.91. The number of fused-ring (bicyclic) bond motifs is 1. The van der Waals surface area contributed by atoms with Crippen LogP contribution in [-0.4, -0.2) is 21.6 Å². The summed E-state index contributed by atoms with van der Waals surface area (Å²) >= 11 is 0. The van der Waals surface area contributed by atoms with Crippen LogP contribution in [0.5, 0.6) is 5.75 Å². The molecule has 0 aliphatic rings. The minimum absolute atomic E-state index is 0.687. The fraction of sp³-hybridized carbons (Fsp3) is 0.368. The largest absolute Gasteiger partial charge is 0.496 e. The Bertz CT molecular complexity index is 854. The molecule has 0 fully saturated rings. The van der Waals surface area contributed by atoms with Crippen molar-refractivity contribution in [1.29, 1.82) is 0 Å². The van der Waals surface area contributed by atoms with Crippen LogP contribution in [0, 0.1) is 6.92 Å². The lowest BCUT2D eigenvalue weighted by molar-refractivity contribution is 0.408. The van der Waals surface area contributed by atoms with Gasteiger partial charge in [0.25, 0.3) is 0 Å². The number of unbranched alkanes of at least 4 members (excludes halogenated alkanes) is 1. The standard InChI is InChI=1S/C19H24N4O/c1-4-5-10-18-22-16-11-15(20)13(2)21-19(16)23(18)12-14-8-6-7-9-17(14)24-3/h6-9,11H,4-5,10,12,20H2,1-3H3. The molecule has 0 aliphatic carbocycles. The number of pyridine rings is 1. The zero-order valence-corrected chi connectivity index (χ0v) is 14.5. The van der Waals surface area contributed by atoms with Crippen molar-refractivity contribution < 1.29 is 4.74 Å². The lowest BCUT2D eigenvalue weighted by Gasteiger charge is -2.12. The summed E-state index contributed by atoms with van der Waals surface area (Å²) in [5.74, 6) is 1.93. The summed E-state index contributed by atoms with van der Waals surface area (Å²) in [5.41, 5.74) is 10.4. The number of ether oxygens (including phenoxy) is 1. The van der Waals surface area contributed by atoms with Crippen LogP contribution < -0.4 is 10.5 Å². The Balaban J connectivity index is 2.11. The highest BCUT2D eigenvalue weighted by molar-refractivity contribution is 5.76. The summed E-state index contributed by atoms with van der Waals surface area (Å²) in [6.07, 6.45) is 3.16. The molecule has 3 rings (SSSR count). The summed E-state index contributed by atoms with van der Waals surface area (Å²) in [5, 5.41) is 0. The van der Waals surface area contributed by atoms with Crippen molar-refractivity contribution in [2.24, 2.45) is 0 Å². The van der Waals surface area contributed by atoms with Gasteiger partial charge in [-0.05, 0) is 25.5 Å². The molecule has 0 amide bonds. The zero-order chi connectivity index (χ0) is 17.1. The number of imidazole rings is 1. The number of hydrogen-bond donors (Lipinski definition) is 1. The lowest BCUT2D eigenvalue weighted by atomic mass is 10.2. The molecule has 2 heterocycles. The van der Waals surface area contributed by atoms with E-state index in [0.717, 1.165) is 53.3 Å². The first kappa shape index (κ1) is 16.3. The van der Waals surface area contributed by atoms with Crippen molar-refractivity contribution in [3.63, 3.8) is 0 Å². The molecule has 0 saturated heterocycles. The van der Waals surface area contributed by atoms with Crippen LogP contribution in [0.25, 0.3) is 11.2 Å². The number of nitrogens with two attached hydrogens (primary N) is 1. The molecule has 5 nitrogen and oxygen atoms in total. The second-order valence-electron chi connectivity index (χ2n) is 6.04. The van der Waals surface area contributed by atoms with Crippen molar-refractivity contribution in [3.05, 3.63) is 47.4 Å². The Hall–Kier alpha value is -2.56. The van der Waals surface area contributed by atoms with Gasteiger partial charge in [0.1, 0.15) is 17.1 Å². The summed E-state index contributed by atoms with van der Waals surface area (Å²) in [6, 6.07) is 10.00. The highest BCUT2D eigenvalue weighted by atomic mass is 16.5. The van der Waals surface area contributed by atoms with E-state index in [1.54, 1.807) is 7.11 Å². The van der Waals surface area contributed by atoms with Crippen molar-refractivity contribution >= 4 is 16.9 Å². The number of rotatable bonds is 6. The van der Waals surface area contributed by atoms with E-state index < -0.39 is 0 Å². The van der Waals surface area contributed by atoms with Crippen LogP contribution in [0.4, 0.5) is 5.69 Å². The van der Waals surface area contributed by atoms with Gasteiger partial charge in [0.05, 0.1) is 25.0 Å². The number of aromatic nitrogens is 3. The maximum Gasteiger partial charge on any atom is 0.160 e. The van der Waals surface area contributed by atoms with E-state index in [9.17, 15) is 0 Å². The first-order valence-corrected chi connectivity index (χ1v) is 8.38. The first-order valence-electron chi connectivity index (χ1n) is 8.38. The second-order valence-corrected chi connectivity index (χ2v) is 6.04. The zero-order valence-electron chi connectivity index (χ0n) is 14.5. The molecule has 0 unspecified atom stereocenters. The predicted octanol–water partition coefficient (Wildman–Crippen LogP) is 3.72. The highest BCUT2D eigenvalue weighted by Gasteiger charge is 2.15. The van der Waals surface area contributed by atoms with Gasteiger partial charge in [0.2, 0.25) is 0 Å². The minimum Gasteiger partial charge on any atom is -0.496 e. The van der Waals surface area contributed by atoms with E-state index in [1.807, 2.05) is 31.2 Å². The average molecular weight is 324 g/mol. The number of anilines is 1. The van der Waals surface area contributed by atoms with Crippen molar-refractivity contribution in [2.45, 2.75) is 39.7 Å². The van der Waals surface area contributed by atoms with E-state index in [4.69, 9.17) is 20.4 Å². The number of para-hydroxylation sites is 1. The van der Waals surface area contributed by atoms with E-state index in [0.29, 0.717) is 12.2 Å². The van der Waals surface area contributed by atoms with Gasteiger partial charge in [-0.2, -0.15) is 0 Å². The maximum atomic E-state index is 6.01. The molecule has 24 heavy (non-hydrogen) atoms. The number of methoxy groups -OCH3 is 1. The van der Waals surface area contributed by atoms with E-state index in [2.05, 4.69) is 17.6 Å². The number of aryl methyl sites for hydroxylation is 2. The minimum atomic E-state index is 0.687. The molecule has 0 bridgehead atoms. The Morgan fingerprint density at radius 1 is 1.21 bits per heavy atom. The van der Waals surface area contributed by atoms with Gasteiger partial charge in [-0.3, -0.25) is 0 Å². The molecule has 3 aromatic rings. The summed E-state index contributed by atoms with van der Waals surface area (Å²) < 4.78 is 7.69. The van der Waals surface area contributed by atoms with Crippen molar-refractivity contribution in [2.75, 3.05) is 12.8 Å². The SMILES string of the molecule is CCCCc1nc2cc(N)c(C)nc2n1Cc1ccccc1OC. The molecule has 0 atom stereocenters. The van der Waals surface area contributed by atoms with Gasteiger partial charge < -0.3 is 15.0 Å². The number of nitrogen functional groups attached to an aromatic ring is 1. The van der Waals surface area contributed by atoms with Gasteiger partial charge in [0, 0.05) is 12.0 Å². The third-order valence-electron chi connectivity index (χ3n) is 4.30.